The molecule has 0 aromatic carbocycles. The molecule has 114 valence electrons. The third-order valence-electron chi connectivity index (χ3n) is 3.25. The van der Waals surface area contributed by atoms with E-state index in [0.717, 1.165) is 12.8 Å². The van der Waals surface area contributed by atoms with Gasteiger partial charge in [-0.3, -0.25) is 0 Å². The molecule has 1 heterocycles. The van der Waals surface area contributed by atoms with E-state index in [1.807, 2.05) is 27.7 Å². The predicted molar refractivity (Wildman–Crippen MR) is 81.7 cm³/mol. The Balaban J connectivity index is 3.27. The molecule has 0 spiro atoms. The van der Waals surface area contributed by atoms with Gasteiger partial charge in [0.05, 0.1) is 5.69 Å². The van der Waals surface area contributed by atoms with Crippen LogP contribution in [0.25, 0.3) is 0 Å². The van der Waals surface area contributed by atoms with Gasteiger partial charge in [0.2, 0.25) is 0 Å². The van der Waals surface area contributed by atoms with Crippen LogP contribution in [0.1, 0.15) is 40.5 Å². The summed E-state index contributed by atoms with van der Waals surface area (Å²) in [6, 6.07) is 3.18. The maximum Gasteiger partial charge on any atom is 0.262 e. The molecule has 1 aromatic heterocycles. The maximum atomic E-state index is 12.8. The van der Waals surface area contributed by atoms with Crippen LogP contribution in [0.4, 0.5) is 5.69 Å². The molecule has 0 radical (unpaired) electrons. The molecule has 0 aliphatic rings. The number of hydrogen-bond acceptors (Lipinski definition) is 4. The first kappa shape index (κ1) is 16.9. The zero-order valence-electron chi connectivity index (χ0n) is 12.7. The molecule has 1 aromatic rings. The average Bonchev–Trinajstić information content (AvgIpc) is 2.38. The first-order chi connectivity index (χ1) is 9.34. The molecule has 0 fully saturated rings. The average molecular weight is 299 g/mol. The Morgan fingerprint density at radius 2 is 1.90 bits per heavy atom. The van der Waals surface area contributed by atoms with Crippen molar-refractivity contribution in [2.75, 3.05) is 12.3 Å². The summed E-state index contributed by atoms with van der Waals surface area (Å²) in [6.07, 6.45) is 3.01. The summed E-state index contributed by atoms with van der Waals surface area (Å²) in [6.45, 7) is 8.49. The van der Waals surface area contributed by atoms with E-state index in [2.05, 4.69) is 4.98 Å². The molecule has 0 saturated heterocycles. The smallest absolute Gasteiger partial charge is 0.262 e. The first-order valence-electron chi connectivity index (χ1n) is 7.06. The van der Waals surface area contributed by atoms with Gasteiger partial charge in [-0.2, -0.15) is 4.31 Å². The molecule has 1 rings (SSSR count). The molecular formula is C14H25N3O2S. The van der Waals surface area contributed by atoms with Crippen LogP contribution >= 0.6 is 0 Å². The molecule has 20 heavy (non-hydrogen) atoms. The number of pyridine rings is 1. The highest BCUT2D eigenvalue weighted by Gasteiger charge is 2.32. The van der Waals surface area contributed by atoms with Crippen LogP contribution < -0.4 is 5.73 Å². The number of rotatable bonds is 7. The number of sulfonamides is 1. The first-order valence-corrected chi connectivity index (χ1v) is 8.50. The molecule has 0 aliphatic heterocycles. The minimum Gasteiger partial charge on any atom is -0.396 e. The summed E-state index contributed by atoms with van der Waals surface area (Å²) >= 11 is 0. The zero-order chi connectivity index (χ0) is 15.3. The van der Waals surface area contributed by atoms with Crippen LogP contribution in [0.3, 0.4) is 0 Å². The summed E-state index contributed by atoms with van der Waals surface area (Å²) in [5.41, 5.74) is 5.99. The lowest BCUT2D eigenvalue weighted by atomic mass is 10.1. The maximum absolute atomic E-state index is 12.8. The van der Waals surface area contributed by atoms with Crippen molar-refractivity contribution in [2.45, 2.75) is 51.6 Å². The van der Waals surface area contributed by atoms with Crippen LogP contribution in [0.2, 0.25) is 0 Å². The SMILES string of the molecule is CCC(CC)N(CC(C)C)S(=O)(=O)c1ncccc1N. The van der Waals surface area contributed by atoms with Crippen LogP contribution in [-0.2, 0) is 10.0 Å². The fourth-order valence-electron chi connectivity index (χ4n) is 2.23. The molecule has 5 nitrogen and oxygen atoms in total. The molecule has 2 N–H and O–H groups in total. The second kappa shape index (κ2) is 7.04. The number of nitrogens with zero attached hydrogens (tertiary/aromatic N) is 2. The van der Waals surface area contributed by atoms with Gasteiger partial charge in [-0.15, -0.1) is 0 Å². The van der Waals surface area contributed by atoms with E-state index in [1.54, 1.807) is 16.4 Å². The van der Waals surface area contributed by atoms with Gasteiger partial charge in [0.15, 0.2) is 5.03 Å². The van der Waals surface area contributed by atoms with Gasteiger partial charge in [0, 0.05) is 18.8 Å². The van der Waals surface area contributed by atoms with Crippen LogP contribution in [0.5, 0.6) is 0 Å². The Hall–Kier alpha value is -1.14. The third kappa shape index (κ3) is 3.70. The topological polar surface area (TPSA) is 76.3 Å². The molecule has 0 aliphatic carbocycles. The standard InChI is InChI=1S/C14H25N3O2S/c1-5-12(6-2)17(10-11(3)4)20(18,19)14-13(15)8-7-9-16-14/h7-9,11-12H,5-6,10,15H2,1-4H3. The van der Waals surface area contributed by atoms with Crippen molar-refractivity contribution in [1.29, 1.82) is 0 Å². The number of anilines is 1. The minimum absolute atomic E-state index is 0.0243. The van der Waals surface area contributed by atoms with Crippen LogP contribution in [0, 0.1) is 5.92 Å². The fraction of sp³-hybridized carbons (Fsp3) is 0.643. The van der Waals surface area contributed by atoms with Crippen molar-refractivity contribution in [1.82, 2.24) is 9.29 Å². The quantitative estimate of drug-likeness (QED) is 0.839. The van der Waals surface area contributed by atoms with E-state index < -0.39 is 10.0 Å². The minimum atomic E-state index is -3.65. The highest BCUT2D eigenvalue weighted by atomic mass is 32.2. The summed E-state index contributed by atoms with van der Waals surface area (Å²) in [5, 5.41) is -0.0347. The molecular weight excluding hydrogens is 274 g/mol. The van der Waals surface area contributed by atoms with Gasteiger partial charge in [-0.25, -0.2) is 13.4 Å². The molecule has 0 saturated carbocycles. The molecule has 0 atom stereocenters. The van der Waals surface area contributed by atoms with Crippen molar-refractivity contribution in [3.63, 3.8) is 0 Å². The Morgan fingerprint density at radius 3 is 2.35 bits per heavy atom. The summed E-state index contributed by atoms with van der Waals surface area (Å²) in [7, 11) is -3.65. The Kier molecular flexibility index (Phi) is 5.95. The molecule has 6 heteroatoms. The second-order valence-corrected chi connectivity index (χ2v) is 7.14. The lowest BCUT2D eigenvalue weighted by Gasteiger charge is -2.30. The monoisotopic (exact) mass is 299 g/mol. The van der Waals surface area contributed by atoms with Crippen molar-refractivity contribution in [3.05, 3.63) is 18.3 Å². The second-order valence-electron chi connectivity index (χ2n) is 5.34. The zero-order valence-corrected chi connectivity index (χ0v) is 13.5. The molecule has 0 amide bonds. The Labute approximate surface area is 122 Å². The van der Waals surface area contributed by atoms with E-state index in [4.69, 9.17) is 5.73 Å². The number of hydrogen-bond donors (Lipinski definition) is 1. The van der Waals surface area contributed by atoms with Crippen molar-refractivity contribution < 1.29 is 8.42 Å². The number of nitrogen functional groups attached to an aromatic ring is 1. The van der Waals surface area contributed by atoms with E-state index >= 15 is 0 Å². The Morgan fingerprint density at radius 1 is 1.30 bits per heavy atom. The van der Waals surface area contributed by atoms with Crippen molar-refractivity contribution in [2.24, 2.45) is 5.92 Å². The van der Waals surface area contributed by atoms with E-state index in [9.17, 15) is 8.42 Å². The van der Waals surface area contributed by atoms with Crippen LogP contribution in [0.15, 0.2) is 23.4 Å². The summed E-state index contributed by atoms with van der Waals surface area (Å²) in [5.74, 6) is 0.246. The van der Waals surface area contributed by atoms with Gasteiger partial charge in [0.1, 0.15) is 0 Å². The highest BCUT2D eigenvalue weighted by molar-refractivity contribution is 7.89. The highest BCUT2D eigenvalue weighted by Crippen LogP contribution is 2.24. The molecule has 0 unspecified atom stereocenters. The van der Waals surface area contributed by atoms with Gasteiger partial charge in [0.25, 0.3) is 10.0 Å². The molecule has 0 bridgehead atoms. The van der Waals surface area contributed by atoms with E-state index in [0.29, 0.717) is 6.54 Å². The lowest BCUT2D eigenvalue weighted by Crippen LogP contribution is -2.42. The van der Waals surface area contributed by atoms with E-state index in [-0.39, 0.29) is 22.7 Å². The Bertz CT molecular complexity index is 525. The lowest BCUT2D eigenvalue weighted by molar-refractivity contribution is 0.276. The normalized spacial score (nSPS) is 12.6. The largest absolute Gasteiger partial charge is 0.396 e. The van der Waals surface area contributed by atoms with Gasteiger partial charge >= 0.3 is 0 Å². The van der Waals surface area contributed by atoms with E-state index in [1.165, 1.54) is 6.20 Å². The van der Waals surface area contributed by atoms with Gasteiger partial charge in [-0.05, 0) is 30.9 Å². The third-order valence-corrected chi connectivity index (χ3v) is 5.14. The van der Waals surface area contributed by atoms with Crippen molar-refractivity contribution in [3.8, 4) is 0 Å². The summed E-state index contributed by atoms with van der Waals surface area (Å²) < 4.78 is 27.2. The number of aromatic nitrogens is 1. The fourth-order valence-corrected chi connectivity index (χ4v) is 4.20. The van der Waals surface area contributed by atoms with Gasteiger partial charge < -0.3 is 5.73 Å². The predicted octanol–water partition coefficient (Wildman–Crippen LogP) is 2.50. The van der Waals surface area contributed by atoms with Crippen molar-refractivity contribution >= 4 is 15.7 Å². The number of nitrogens with two attached hydrogens (primary N) is 1. The summed E-state index contributed by atoms with van der Waals surface area (Å²) in [4.78, 5) is 3.97. The van der Waals surface area contributed by atoms with Crippen LogP contribution in [-0.4, -0.2) is 30.3 Å². The van der Waals surface area contributed by atoms with Gasteiger partial charge in [-0.1, -0.05) is 27.7 Å².